The third kappa shape index (κ3) is 3.28. The van der Waals surface area contributed by atoms with Crippen molar-refractivity contribution in [3.05, 3.63) is 35.2 Å². The van der Waals surface area contributed by atoms with Gasteiger partial charge in [0.2, 0.25) is 0 Å². The van der Waals surface area contributed by atoms with Crippen LogP contribution in [0.3, 0.4) is 0 Å². The molecule has 0 unspecified atom stereocenters. The van der Waals surface area contributed by atoms with Crippen molar-refractivity contribution >= 4 is 17.8 Å². The highest BCUT2D eigenvalue weighted by molar-refractivity contribution is 6.14. The Morgan fingerprint density at radius 3 is 2.79 bits per heavy atom. The summed E-state index contributed by atoms with van der Waals surface area (Å²) >= 11 is 0. The van der Waals surface area contributed by atoms with E-state index in [9.17, 15) is 9.90 Å². The summed E-state index contributed by atoms with van der Waals surface area (Å²) in [5.74, 6) is 0.598. The summed E-state index contributed by atoms with van der Waals surface area (Å²) in [6.07, 6.45) is 4.03. The maximum absolute atomic E-state index is 12.0. The van der Waals surface area contributed by atoms with Crippen LogP contribution in [0.1, 0.15) is 32.3 Å². The van der Waals surface area contributed by atoms with Gasteiger partial charge in [0.15, 0.2) is 11.6 Å². The van der Waals surface area contributed by atoms with E-state index >= 15 is 0 Å². The van der Waals surface area contributed by atoms with Crippen LogP contribution in [0.2, 0.25) is 0 Å². The van der Waals surface area contributed by atoms with Crippen molar-refractivity contribution in [3.8, 4) is 0 Å². The predicted molar refractivity (Wildman–Crippen MR) is 74.8 cm³/mol. The van der Waals surface area contributed by atoms with Gasteiger partial charge in [-0.15, -0.1) is 0 Å². The van der Waals surface area contributed by atoms with Crippen LogP contribution in [0.25, 0.3) is 0 Å². The molecule has 0 spiro atoms. The van der Waals surface area contributed by atoms with E-state index in [4.69, 9.17) is 0 Å². The molecule has 0 bridgehead atoms. The van der Waals surface area contributed by atoms with E-state index in [0.29, 0.717) is 24.2 Å². The predicted octanol–water partition coefficient (Wildman–Crippen LogP) is 3.29. The third-order valence-corrected chi connectivity index (χ3v) is 3.12. The van der Waals surface area contributed by atoms with E-state index < -0.39 is 0 Å². The number of aryl methyl sites for hydroxylation is 1. The largest absolute Gasteiger partial charge is 0.511 e. The Labute approximate surface area is 112 Å². The van der Waals surface area contributed by atoms with Gasteiger partial charge in [0.1, 0.15) is 5.76 Å². The van der Waals surface area contributed by atoms with Gasteiger partial charge in [0.25, 0.3) is 0 Å². The molecule has 19 heavy (non-hydrogen) atoms. The number of hydrogen-bond acceptors (Lipinski definition) is 4. The Kier molecular flexibility index (Phi) is 3.51. The fourth-order valence-corrected chi connectivity index (χ4v) is 2.17. The number of hydrogen-bond donors (Lipinski definition) is 1. The molecule has 0 amide bonds. The molecule has 0 fully saturated rings. The number of aliphatic imine (C=N–C) groups is 1. The lowest BCUT2D eigenvalue weighted by Crippen LogP contribution is -2.26. The van der Waals surface area contributed by atoms with E-state index in [2.05, 4.69) is 9.98 Å². The van der Waals surface area contributed by atoms with Crippen molar-refractivity contribution in [2.45, 2.75) is 33.6 Å². The number of ketones is 1. The summed E-state index contributed by atoms with van der Waals surface area (Å²) in [6.45, 7) is 5.89. The van der Waals surface area contributed by atoms with E-state index in [0.717, 1.165) is 5.56 Å². The van der Waals surface area contributed by atoms with Crippen molar-refractivity contribution in [1.29, 1.82) is 0 Å². The van der Waals surface area contributed by atoms with Crippen molar-refractivity contribution < 1.29 is 9.90 Å². The number of carbonyl (C=O) groups excluding carboxylic acids is 1. The van der Waals surface area contributed by atoms with Gasteiger partial charge in [0, 0.05) is 25.3 Å². The van der Waals surface area contributed by atoms with Gasteiger partial charge in [-0.3, -0.25) is 4.79 Å². The van der Waals surface area contributed by atoms with Crippen molar-refractivity contribution in [2.75, 3.05) is 0 Å². The molecule has 0 saturated carbocycles. The summed E-state index contributed by atoms with van der Waals surface area (Å²) < 4.78 is 0. The molecule has 1 heterocycles. The van der Waals surface area contributed by atoms with Crippen molar-refractivity contribution in [3.63, 3.8) is 0 Å². The maximum Gasteiger partial charge on any atom is 0.168 e. The lowest BCUT2D eigenvalue weighted by atomic mass is 9.77. The van der Waals surface area contributed by atoms with Gasteiger partial charge in [-0.05, 0) is 30.0 Å². The van der Waals surface area contributed by atoms with Gasteiger partial charge in [-0.2, -0.15) is 0 Å². The first-order valence-electron chi connectivity index (χ1n) is 6.29. The Balaban J connectivity index is 2.25. The highest BCUT2D eigenvalue weighted by Crippen LogP contribution is 2.35. The van der Waals surface area contributed by atoms with Crippen LogP contribution in [0.4, 0.5) is 5.82 Å². The number of rotatable bonds is 2. The van der Waals surface area contributed by atoms with Crippen LogP contribution >= 0.6 is 0 Å². The molecule has 1 aromatic rings. The standard InChI is InChI=1S/C15H18N2O2/c1-10-4-5-16-14(6-10)17-9-11-12(18)7-15(2,3)8-13(11)19/h4-6,9,18H,7-8H2,1-3H3. The Bertz CT molecular complexity index is 571. The van der Waals surface area contributed by atoms with E-state index in [1.807, 2.05) is 32.9 Å². The van der Waals surface area contributed by atoms with Crippen LogP contribution in [0.5, 0.6) is 0 Å². The van der Waals surface area contributed by atoms with Gasteiger partial charge < -0.3 is 5.11 Å². The zero-order valence-corrected chi connectivity index (χ0v) is 11.5. The third-order valence-electron chi connectivity index (χ3n) is 3.12. The Hall–Kier alpha value is -1.97. The Morgan fingerprint density at radius 1 is 1.42 bits per heavy atom. The number of aliphatic hydroxyl groups is 1. The molecular weight excluding hydrogens is 240 g/mol. The normalized spacial score (nSPS) is 19.2. The second kappa shape index (κ2) is 4.96. The molecular formula is C15H18N2O2. The van der Waals surface area contributed by atoms with Crippen LogP contribution in [-0.4, -0.2) is 22.1 Å². The number of pyridine rings is 1. The molecule has 4 nitrogen and oxygen atoms in total. The van der Waals surface area contributed by atoms with Crippen LogP contribution in [0, 0.1) is 12.3 Å². The average Bonchev–Trinajstić information content (AvgIpc) is 2.26. The number of aliphatic hydroxyl groups excluding tert-OH is 1. The summed E-state index contributed by atoms with van der Waals surface area (Å²) in [7, 11) is 0. The van der Waals surface area contributed by atoms with Gasteiger partial charge in [-0.1, -0.05) is 13.8 Å². The highest BCUT2D eigenvalue weighted by atomic mass is 16.3. The first kappa shape index (κ1) is 13.5. The second-order valence-corrected chi connectivity index (χ2v) is 5.75. The zero-order chi connectivity index (χ0) is 14.0. The minimum atomic E-state index is -0.180. The van der Waals surface area contributed by atoms with Gasteiger partial charge in [-0.25, -0.2) is 9.98 Å². The van der Waals surface area contributed by atoms with Crippen LogP contribution in [-0.2, 0) is 4.79 Å². The SMILES string of the molecule is Cc1ccnc(N=CC2=C(O)CC(C)(C)CC2=O)c1. The monoisotopic (exact) mass is 258 g/mol. The average molecular weight is 258 g/mol. The number of nitrogens with zero attached hydrogens (tertiary/aromatic N) is 2. The highest BCUT2D eigenvalue weighted by Gasteiger charge is 2.32. The topological polar surface area (TPSA) is 62.6 Å². The van der Waals surface area contributed by atoms with Crippen molar-refractivity contribution in [2.24, 2.45) is 10.4 Å². The van der Waals surface area contributed by atoms with Gasteiger partial charge in [0.05, 0.1) is 5.57 Å². The Morgan fingerprint density at radius 2 is 2.16 bits per heavy atom. The quantitative estimate of drug-likeness (QED) is 0.828. The minimum Gasteiger partial charge on any atom is -0.511 e. The van der Waals surface area contributed by atoms with Gasteiger partial charge >= 0.3 is 0 Å². The minimum absolute atomic E-state index is 0.0647. The van der Waals surface area contributed by atoms with E-state index in [-0.39, 0.29) is 17.0 Å². The lowest BCUT2D eigenvalue weighted by Gasteiger charge is -2.28. The first-order chi connectivity index (χ1) is 8.87. The molecule has 1 aliphatic carbocycles. The van der Waals surface area contributed by atoms with Crippen LogP contribution in [0.15, 0.2) is 34.7 Å². The number of Topliss-reactive ketones (excluding diaryl/α,β-unsaturated/α-hetero) is 1. The second-order valence-electron chi connectivity index (χ2n) is 5.75. The molecule has 1 aromatic heterocycles. The molecule has 0 atom stereocenters. The number of allylic oxidation sites excluding steroid dienone is 2. The molecule has 1 N–H and O–H groups in total. The molecule has 0 aromatic carbocycles. The molecule has 100 valence electrons. The molecule has 0 aliphatic heterocycles. The summed E-state index contributed by atoms with van der Waals surface area (Å²) in [5.41, 5.74) is 1.18. The summed E-state index contributed by atoms with van der Waals surface area (Å²) in [4.78, 5) is 20.2. The number of aromatic nitrogens is 1. The fourth-order valence-electron chi connectivity index (χ4n) is 2.17. The zero-order valence-electron chi connectivity index (χ0n) is 11.5. The molecule has 2 rings (SSSR count). The maximum atomic E-state index is 12.0. The molecule has 4 heteroatoms. The summed E-state index contributed by atoms with van der Waals surface area (Å²) in [6, 6.07) is 3.70. The first-order valence-corrected chi connectivity index (χ1v) is 6.29. The molecule has 0 radical (unpaired) electrons. The molecule has 0 saturated heterocycles. The van der Waals surface area contributed by atoms with E-state index in [1.165, 1.54) is 6.21 Å². The smallest absolute Gasteiger partial charge is 0.168 e. The van der Waals surface area contributed by atoms with Crippen molar-refractivity contribution in [1.82, 2.24) is 4.98 Å². The number of carbonyl (C=O) groups is 1. The van der Waals surface area contributed by atoms with E-state index in [1.54, 1.807) is 6.20 Å². The lowest BCUT2D eigenvalue weighted by molar-refractivity contribution is -0.117. The molecule has 1 aliphatic rings. The summed E-state index contributed by atoms with van der Waals surface area (Å²) in [5, 5.41) is 9.95. The van der Waals surface area contributed by atoms with Crippen LogP contribution < -0.4 is 0 Å². The fraction of sp³-hybridized carbons (Fsp3) is 0.400.